The van der Waals surface area contributed by atoms with Crippen molar-refractivity contribution < 1.29 is 19.4 Å². The third-order valence-corrected chi connectivity index (χ3v) is 5.07. The lowest BCUT2D eigenvalue weighted by atomic mass is 10.1. The average molecular weight is 383 g/mol. The molecule has 0 amide bonds. The predicted octanol–water partition coefficient (Wildman–Crippen LogP) is 4.89. The molecule has 1 N–H and O–H groups in total. The van der Waals surface area contributed by atoms with E-state index in [-0.39, 0.29) is 5.69 Å². The van der Waals surface area contributed by atoms with Crippen LogP contribution in [-0.4, -0.2) is 29.3 Å². The molecule has 0 aliphatic rings. The number of carbonyl (C=O) groups is 1. The number of carboxylic acids is 1. The first-order valence-electron chi connectivity index (χ1n) is 8.57. The van der Waals surface area contributed by atoms with Crippen LogP contribution in [0.1, 0.15) is 27.2 Å². The zero-order valence-corrected chi connectivity index (χ0v) is 16.3. The summed E-state index contributed by atoms with van der Waals surface area (Å²) in [4.78, 5) is 15.1. The van der Waals surface area contributed by atoms with Crippen LogP contribution in [0.3, 0.4) is 0 Å². The SMILES string of the molecule is Cc1cc(C)c(C)c(OCCOc2cccc(-c3nc(C(=O)O)cs3)c2)c1. The molecule has 1 heterocycles. The molecule has 0 fully saturated rings. The molecular formula is C21H21NO4S. The van der Waals surface area contributed by atoms with Gasteiger partial charge in [0.2, 0.25) is 0 Å². The molecule has 3 aromatic rings. The molecule has 27 heavy (non-hydrogen) atoms. The maximum Gasteiger partial charge on any atom is 0.355 e. The number of ether oxygens (including phenoxy) is 2. The Morgan fingerprint density at radius 2 is 1.89 bits per heavy atom. The Hall–Kier alpha value is -2.86. The number of carboxylic acid groups (broad SMARTS) is 1. The van der Waals surface area contributed by atoms with Gasteiger partial charge in [-0.15, -0.1) is 11.3 Å². The zero-order chi connectivity index (χ0) is 19.4. The van der Waals surface area contributed by atoms with Crippen LogP contribution in [0.15, 0.2) is 41.8 Å². The fourth-order valence-electron chi connectivity index (χ4n) is 2.69. The van der Waals surface area contributed by atoms with E-state index in [1.165, 1.54) is 27.8 Å². The van der Waals surface area contributed by atoms with Gasteiger partial charge in [-0.25, -0.2) is 9.78 Å². The molecule has 0 spiro atoms. The van der Waals surface area contributed by atoms with Gasteiger partial charge in [0.1, 0.15) is 29.7 Å². The van der Waals surface area contributed by atoms with E-state index in [2.05, 4.69) is 24.9 Å². The van der Waals surface area contributed by atoms with Gasteiger partial charge in [-0.1, -0.05) is 18.2 Å². The minimum Gasteiger partial charge on any atom is -0.490 e. The molecule has 6 heteroatoms. The lowest BCUT2D eigenvalue weighted by Crippen LogP contribution is -2.10. The van der Waals surface area contributed by atoms with Crippen LogP contribution in [-0.2, 0) is 0 Å². The highest BCUT2D eigenvalue weighted by Crippen LogP contribution is 2.27. The Morgan fingerprint density at radius 1 is 1.11 bits per heavy atom. The highest BCUT2D eigenvalue weighted by Gasteiger charge is 2.11. The lowest BCUT2D eigenvalue weighted by molar-refractivity contribution is 0.0691. The summed E-state index contributed by atoms with van der Waals surface area (Å²) in [5, 5.41) is 11.2. The third kappa shape index (κ3) is 4.65. The summed E-state index contributed by atoms with van der Waals surface area (Å²) in [6.07, 6.45) is 0. The summed E-state index contributed by atoms with van der Waals surface area (Å²) in [7, 11) is 0. The van der Waals surface area contributed by atoms with Crippen LogP contribution in [0.25, 0.3) is 10.6 Å². The van der Waals surface area contributed by atoms with Gasteiger partial charge in [0.15, 0.2) is 5.69 Å². The van der Waals surface area contributed by atoms with E-state index in [9.17, 15) is 4.79 Å². The van der Waals surface area contributed by atoms with Gasteiger partial charge >= 0.3 is 5.97 Å². The van der Waals surface area contributed by atoms with Gasteiger partial charge in [0.05, 0.1) is 0 Å². The van der Waals surface area contributed by atoms with E-state index >= 15 is 0 Å². The summed E-state index contributed by atoms with van der Waals surface area (Å²) in [5.74, 6) is 0.554. The summed E-state index contributed by atoms with van der Waals surface area (Å²) in [6, 6.07) is 11.6. The smallest absolute Gasteiger partial charge is 0.355 e. The van der Waals surface area contributed by atoms with Gasteiger partial charge in [0, 0.05) is 10.9 Å². The van der Waals surface area contributed by atoms with Crippen LogP contribution < -0.4 is 9.47 Å². The highest BCUT2D eigenvalue weighted by molar-refractivity contribution is 7.13. The molecule has 140 valence electrons. The molecule has 3 rings (SSSR count). The van der Waals surface area contributed by atoms with Gasteiger partial charge in [0.25, 0.3) is 0 Å². The van der Waals surface area contributed by atoms with E-state index in [1.807, 2.05) is 37.3 Å². The van der Waals surface area contributed by atoms with Crippen LogP contribution in [0.2, 0.25) is 0 Å². The molecule has 0 radical (unpaired) electrons. The van der Waals surface area contributed by atoms with E-state index in [4.69, 9.17) is 14.6 Å². The Bertz CT molecular complexity index is 965. The van der Waals surface area contributed by atoms with Gasteiger partial charge < -0.3 is 14.6 Å². The largest absolute Gasteiger partial charge is 0.490 e. The van der Waals surface area contributed by atoms with Gasteiger partial charge in [-0.05, 0) is 55.7 Å². The summed E-state index contributed by atoms with van der Waals surface area (Å²) < 4.78 is 11.6. The quantitative estimate of drug-likeness (QED) is 0.588. The van der Waals surface area contributed by atoms with E-state index in [0.717, 1.165) is 16.9 Å². The molecule has 0 atom stereocenters. The van der Waals surface area contributed by atoms with E-state index in [1.54, 1.807) is 0 Å². The lowest BCUT2D eigenvalue weighted by Gasteiger charge is -2.13. The minimum absolute atomic E-state index is 0.0542. The Balaban J connectivity index is 1.60. The van der Waals surface area contributed by atoms with Crippen LogP contribution in [0, 0.1) is 20.8 Å². The van der Waals surface area contributed by atoms with Crippen LogP contribution >= 0.6 is 11.3 Å². The van der Waals surface area contributed by atoms with Crippen molar-refractivity contribution in [2.75, 3.05) is 13.2 Å². The Morgan fingerprint density at radius 3 is 2.63 bits per heavy atom. The number of benzene rings is 2. The number of aromatic carboxylic acids is 1. The van der Waals surface area contributed by atoms with Gasteiger partial charge in [-0.3, -0.25) is 0 Å². The number of hydrogen-bond donors (Lipinski definition) is 1. The first kappa shape index (κ1) is 18.9. The fraction of sp³-hybridized carbons (Fsp3) is 0.238. The van der Waals surface area contributed by atoms with Crippen molar-refractivity contribution in [1.29, 1.82) is 0 Å². The molecule has 5 nitrogen and oxygen atoms in total. The summed E-state index contributed by atoms with van der Waals surface area (Å²) in [6.45, 7) is 7.03. The molecule has 1 aromatic heterocycles. The zero-order valence-electron chi connectivity index (χ0n) is 15.5. The molecule has 2 aromatic carbocycles. The van der Waals surface area contributed by atoms with Crippen molar-refractivity contribution in [3.8, 4) is 22.1 Å². The number of hydrogen-bond acceptors (Lipinski definition) is 5. The predicted molar refractivity (Wildman–Crippen MR) is 106 cm³/mol. The maximum atomic E-state index is 11.0. The van der Waals surface area contributed by atoms with E-state index < -0.39 is 5.97 Å². The molecule has 0 unspecified atom stereocenters. The second kappa shape index (κ2) is 8.22. The number of thiazole rings is 1. The van der Waals surface area contributed by atoms with Gasteiger partial charge in [-0.2, -0.15) is 0 Å². The molecule has 0 bridgehead atoms. The Kier molecular flexibility index (Phi) is 5.76. The molecular weight excluding hydrogens is 362 g/mol. The van der Waals surface area contributed by atoms with Crippen molar-refractivity contribution in [3.63, 3.8) is 0 Å². The van der Waals surface area contributed by atoms with Crippen LogP contribution in [0.4, 0.5) is 0 Å². The topological polar surface area (TPSA) is 68.7 Å². The number of rotatable bonds is 7. The number of aryl methyl sites for hydroxylation is 2. The minimum atomic E-state index is -1.02. The first-order valence-corrected chi connectivity index (χ1v) is 9.44. The van der Waals surface area contributed by atoms with Crippen LogP contribution in [0.5, 0.6) is 11.5 Å². The summed E-state index contributed by atoms with van der Waals surface area (Å²) in [5.41, 5.74) is 4.41. The summed E-state index contributed by atoms with van der Waals surface area (Å²) >= 11 is 1.30. The highest BCUT2D eigenvalue weighted by atomic mass is 32.1. The number of nitrogens with zero attached hydrogens (tertiary/aromatic N) is 1. The Labute approximate surface area is 162 Å². The normalized spacial score (nSPS) is 10.6. The second-order valence-corrected chi connectivity index (χ2v) is 7.13. The number of aromatic nitrogens is 1. The van der Waals surface area contributed by atoms with Crippen molar-refractivity contribution >= 4 is 17.3 Å². The molecule has 0 aliphatic heterocycles. The molecule has 0 saturated carbocycles. The van der Waals surface area contributed by atoms with E-state index in [0.29, 0.717) is 24.0 Å². The standard InChI is InChI=1S/C21H21NO4S/c1-13-9-14(2)15(3)19(10-13)26-8-7-25-17-6-4-5-16(11-17)20-22-18(12-27-20)21(23)24/h4-6,9-12H,7-8H2,1-3H3,(H,23,24). The van der Waals surface area contributed by atoms with Crippen molar-refractivity contribution in [2.24, 2.45) is 0 Å². The first-order chi connectivity index (χ1) is 12.9. The molecule has 0 aliphatic carbocycles. The van der Waals surface area contributed by atoms with Crippen molar-refractivity contribution in [2.45, 2.75) is 20.8 Å². The third-order valence-electron chi connectivity index (χ3n) is 4.18. The monoisotopic (exact) mass is 383 g/mol. The van der Waals surface area contributed by atoms with Crippen molar-refractivity contribution in [1.82, 2.24) is 4.98 Å². The van der Waals surface area contributed by atoms with Crippen molar-refractivity contribution in [3.05, 3.63) is 64.2 Å². The maximum absolute atomic E-state index is 11.0. The second-order valence-electron chi connectivity index (χ2n) is 6.27. The fourth-order valence-corrected chi connectivity index (χ4v) is 3.48. The molecule has 0 saturated heterocycles. The average Bonchev–Trinajstić information content (AvgIpc) is 3.13.